The van der Waals surface area contributed by atoms with Gasteiger partial charge in [0.05, 0.1) is 39.3 Å². The monoisotopic (exact) mass is 549 g/mol. The van der Waals surface area contributed by atoms with E-state index < -0.39 is 49.1 Å². The number of ether oxygens (including phenoxy) is 2. The second kappa shape index (κ2) is 8.49. The number of benzene rings is 3. The van der Waals surface area contributed by atoms with Crippen molar-refractivity contribution < 1.29 is 34.4 Å². The van der Waals surface area contributed by atoms with Crippen LogP contribution in [-0.4, -0.2) is 86.8 Å². The summed E-state index contributed by atoms with van der Waals surface area (Å²) in [5.41, 5.74) is 2.75. The summed E-state index contributed by atoms with van der Waals surface area (Å²) in [6, 6.07) is 12.7. The zero-order valence-electron chi connectivity index (χ0n) is 20.9. The van der Waals surface area contributed by atoms with Crippen LogP contribution < -0.4 is 0 Å². The Morgan fingerprint density at radius 2 is 1.67 bits per heavy atom. The molecule has 0 bridgehead atoms. The SMILES string of the molecule is COC1C(CO)OC(n2c3c(Cl)cccc3c3c4c(c5c6ccccc6[nH]c5c32)C(=O)N(C)C4=O)C(O)C1O. The van der Waals surface area contributed by atoms with E-state index in [0.717, 1.165) is 15.8 Å². The predicted octanol–water partition coefficient (Wildman–Crippen LogP) is 2.93. The molecule has 2 aromatic heterocycles. The van der Waals surface area contributed by atoms with Crippen LogP contribution in [0, 0.1) is 0 Å². The molecule has 7 rings (SSSR count). The smallest absolute Gasteiger partial charge is 0.262 e. The summed E-state index contributed by atoms with van der Waals surface area (Å²) >= 11 is 6.77. The molecule has 10 nitrogen and oxygen atoms in total. The summed E-state index contributed by atoms with van der Waals surface area (Å²) in [7, 11) is 2.81. The van der Waals surface area contributed by atoms with Crippen LogP contribution >= 0.6 is 11.6 Å². The van der Waals surface area contributed by atoms with E-state index in [1.807, 2.05) is 24.3 Å². The molecule has 0 aliphatic carbocycles. The van der Waals surface area contributed by atoms with Crippen LogP contribution in [0.1, 0.15) is 26.9 Å². The number of fused-ring (bicyclic) bond motifs is 10. The molecular formula is C28H24ClN3O7. The molecule has 0 radical (unpaired) electrons. The summed E-state index contributed by atoms with van der Waals surface area (Å²) in [6.45, 7) is -0.474. The van der Waals surface area contributed by atoms with Gasteiger partial charge in [-0.05, 0) is 12.1 Å². The van der Waals surface area contributed by atoms with Gasteiger partial charge in [0, 0.05) is 41.2 Å². The number of aliphatic hydroxyl groups is 3. The molecule has 2 amide bonds. The minimum absolute atomic E-state index is 0.236. The summed E-state index contributed by atoms with van der Waals surface area (Å²) in [5.74, 6) is -0.869. The standard InChI is InChI=1S/C28H24ClN3O7/c1-31-26(36)18-16-11-6-3-4-9-14(11)30-20(16)22-17(19(18)27(31)37)12-7-5-8-13(29)21(12)32(22)28-24(35)23(34)25(38-2)15(10-33)39-28/h3-9,15,23-25,28,30,33-35H,10H2,1-2H3. The maximum Gasteiger partial charge on any atom is 0.262 e. The maximum absolute atomic E-state index is 13.6. The average Bonchev–Trinajstić information content (AvgIpc) is 3.56. The Labute approximate surface area is 225 Å². The first-order valence-corrected chi connectivity index (χ1v) is 12.8. The van der Waals surface area contributed by atoms with Crippen molar-refractivity contribution in [2.24, 2.45) is 0 Å². The molecule has 3 aromatic carbocycles. The first kappa shape index (κ1) is 24.5. The molecule has 5 aromatic rings. The minimum Gasteiger partial charge on any atom is -0.394 e. The highest BCUT2D eigenvalue weighted by Gasteiger charge is 2.47. The molecule has 4 N–H and O–H groups in total. The number of amides is 2. The number of rotatable bonds is 3. The highest BCUT2D eigenvalue weighted by atomic mass is 35.5. The van der Waals surface area contributed by atoms with Crippen LogP contribution in [0.5, 0.6) is 0 Å². The van der Waals surface area contributed by atoms with Gasteiger partial charge in [0.2, 0.25) is 0 Å². The van der Waals surface area contributed by atoms with Crippen LogP contribution in [0.25, 0.3) is 43.6 Å². The van der Waals surface area contributed by atoms with Crippen molar-refractivity contribution in [1.82, 2.24) is 14.5 Å². The number of para-hydroxylation sites is 2. The summed E-state index contributed by atoms with van der Waals surface area (Å²) in [6.07, 6.45) is -6.05. The first-order valence-electron chi connectivity index (χ1n) is 12.5. The number of carbonyl (C=O) groups excluding carboxylic acids is 2. The van der Waals surface area contributed by atoms with E-state index in [0.29, 0.717) is 43.3 Å². The average molecular weight is 550 g/mol. The lowest BCUT2D eigenvalue weighted by Crippen LogP contribution is -2.57. The number of nitrogens with one attached hydrogen (secondary N) is 1. The van der Waals surface area contributed by atoms with Crippen LogP contribution in [0.2, 0.25) is 5.02 Å². The fourth-order valence-corrected chi connectivity index (χ4v) is 6.60. The van der Waals surface area contributed by atoms with Crippen LogP contribution in [0.4, 0.5) is 0 Å². The Kier molecular flexibility index (Phi) is 5.34. The minimum atomic E-state index is -1.49. The summed E-state index contributed by atoms with van der Waals surface area (Å²) in [4.78, 5) is 31.6. The van der Waals surface area contributed by atoms with E-state index >= 15 is 0 Å². The zero-order valence-corrected chi connectivity index (χ0v) is 21.6. The quantitative estimate of drug-likeness (QED) is 0.254. The van der Waals surface area contributed by atoms with Crippen LogP contribution in [0.3, 0.4) is 0 Å². The molecule has 5 unspecified atom stereocenters. The van der Waals surface area contributed by atoms with Gasteiger partial charge in [-0.2, -0.15) is 0 Å². The van der Waals surface area contributed by atoms with E-state index in [1.165, 1.54) is 14.2 Å². The number of aliphatic hydroxyl groups excluding tert-OH is 3. The Morgan fingerprint density at radius 3 is 2.38 bits per heavy atom. The predicted molar refractivity (Wildman–Crippen MR) is 144 cm³/mol. The molecule has 2 aliphatic rings. The molecule has 200 valence electrons. The summed E-state index contributed by atoms with van der Waals surface area (Å²) < 4.78 is 13.2. The lowest BCUT2D eigenvalue weighted by molar-refractivity contribution is -0.255. The summed E-state index contributed by atoms with van der Waals surface area (Å²) in [5, 5.41) is 35.1. The van der Waals surface area contributed by atoms with Gasteiger partial charge in [0.1, 0.15) is 24.4 Å². The van der Waals surface area contributed by atoms with E-state index in [1.54, 1.807) is 22.8 Å². The normalized spacial score (nSPS) is 25.6. The van der Waals surface area contributed by atoms with Crippen molar-refractivity contribution in [2.45, 2.75) is 30.6 Å². The largest absolute Gasteiger partial charge is 0.394 e. The number of H-pyrrole nitrogens is 1. The van der Waals surface area contributed by atoms with E-state index in [4.69, 9.17) is 21.1 Å². The molecule has 4 heterocycles. The van der Waals surface area contributed by atoms with Gasteiger partial charge in [0.25, 0.3) is 11.8 Å². The number of aromatic nitrogens is 2. The second-order valence-electron chi connectivity index (χ2n) is 10.00. The number of imide groups is 1. The van der Waals surface area contributed by atoms with Gasteiger partial charge in [-0.15, -0.1) is 0 Å². The topological polar surface area (TPSA) is 137 Å². The Hall–Kier alpha value is -3.51. The van der Waals surface area contributed by atoms with Crippen molar-refractivity contribution in [2.75, 3.05) is 20.8 Å². The fourth-order valence-electron chi connectivity index (χ4n) is 6.33. The second-order valence-corrected chi connectivity index (χ2v) is 10.4. The molecule has 11 heteroatoms. The van der Waals surface area contributed by atoms with Gasteiger partial charge in [0.15, 0.2) is 6.23 Å². The molecular weight excluding hydrogens is 526 g/mol. The third-order valence-electron chi connectivity index (χ3n) is 8.07. The molecule has 0 spiro atoms. The van der Waals surface area contributed by atoms with Crippen molar-refractivity contribution in [1.29, 1.82) is 0 Å². The molecule has 2 aliphatic heterocycles. The van der Waals surface area contributed by atoms with Crippen LogP contribution in [-0.2, 0) is 9.47 Å². The number of nitrogens with zero attached hydrogens (tertiary/aromatic N) is 2. The first-order chi connectivity index (χ1) is 18.8. The van der Waals surface area contributed by atoms with Gasteiger partial charge < -0.3 is 34.3 Å². The van der Waals surface area contributed by atoms with E-state index in [9.17, 15) is 24.9 Å². The van der Waals surface area contributed by atoms with Crippen molar-refractivity contribution in [3.05, 3.63) is 58.6 Å². The lowest BCUT2D eigenvalue weighted by atomic mass is 9.96. The number of carbonyl (C=O) groups is 2. The Balaban J connectivity index is 1.70. The van der Waals surface area contributed by atoms with Crippen LogP contribution in [0.15, 0.2) is 42.5 Å². The molecule has 0 saturated carbocycles. The third kappa shape index (κ3) is 3.04. The number of hydrogen-bond acceptors (Lipinski definition) is 7. The van der Waals surface area contributed by atoms with E-state index in [2.05, 4.69) is 4.98 Å². The maximum atomic E-state index is 13.6. The Bertz CT molecular complexity index is 1860. The highest BCUT2D eigenvalue weighted by Crippen LogP contribution is 2.48. The number of methoxy groups -OCH3 is 1. The Morgan fingerprint density at radius 1 is 0.974 bits per heavy atom. The number of halogens is 1. The lowest BCUT2D eigenvalue weighted by Gasteiger charge is -2.42. The number of hydrogen-bond donors (Lipinski definition) is 4. The molecule has 1 saturated heterocycles. The molecule has 39 heavy (non-hydrogen) atoms. The van der Waals surface area contributed by atoms with Gasteiger partial charge in [-0.25, -0.2) is 0 Å². The van der Waals surface area contributed by atoms with Crippen molar-refractivity contribution in [3.63, 3.8) is 0 Å². The van der Waals surface area contributed by atoms with Crippen molar-refractivity contribution >= 4 is 67.0 Å². The highest BCUT2D eigenvalue weighted by molar-refractivity contribution is 6.41. The zero-order chi connectivity index (χ0) is 27.3. The van der Waals surface area contributed by atoms with E-state index in [-0.39, 0.29) is 5.56 Å². The van der Waals surface area contributed by atoms with Crippen molar-refractivity contribution in [3.8, 4) is 0 Å². The molecule has 5 atom stereocenters. The fraction of sp³-hybridized carbons (Fsp3) is 0.286. The van der Waals surface area contributed by atoms with Gasteiger partial charge in [-0.3, -0.25) is 14.5 Å². The third-order valence-corrected chi connectivity index (χ3v) is 8.38. The van der Waals surface area contributed by atoms with Gasteiger partial charge in [-0.1, -0.05) is 41.9 Å². The molecule has 1 fully saturated rings. The van der Waals surface area contributed by atoms with Gasteiger partial charge >= 0.3 is 0 Å². The number of aromatic amines is 1.